The summed E-state index contributed by atoms with van der Waals surface area (Å²) in [4.78, 5) is 0. The van der Waals surface area contributed by atoms with Crippen molar-refractivity contribution in [1.29, 1.82) is 0 Å². The Morgan fingerprint density at radius 3 is 2.56 bits per heavy atom. The van der Waals surface area contributed by atoms with E-state index < -0.39 is 24.6 Å². The van der Waals surface area contributed by atoms with E-state index in [1.807, 2.05) is 0 Å². The fourth-order valence-corrected chi connectivity index (χ4v) is 1.18. The van der Waals surface area contributed by atoms with Gasteiger partial charge in [0.15, 0.2) is 0 Å². The Morgan fingerprint density at radius 1 is 1.38 bits per heavy atom. The molecule has 16 heavy (non-hydrogen) atoms. The second-order valence-electron chi connectivity index (χ2n) is 3.51. The smallest absolute Gasteiger partial charge is 0.132 e. The lowest BCUT2D eigenvalue weighted by atomic mass is 10.1. The standard InChI is InChI=1S/C11H15FO4/c1-7(14)10-3-2-9(4-11(10)12)16-6-8(15)5-13/h2-4,7-8,13-15H,5-6H2,1H3/t7-,8?/m1/s1. The van der Waals surface area contributed by atoms with Crippen LogP contribution in [0.2, 0.25) is 0 Å². The predicted octanol–water partition coefficient (Wildman–Crippen LogP) is 0.611. The van der Waals surface area contributed by atoms with Gasteiger partial charge in [0.05, 0.1) is 12.7 Å². The van der Waals surface area contributed by atoms with E-state index in [0.717, 1.165) is 6.07 Å². The maximum Gasteiger partial charge on any atom is 0.132 e. The van der Waals surface area contributed by atoms with Gasteiger partial charge in [0.1, 0.15) is 24.3 Å². The second kappa shape index (κ2) is 5.79. The summed E-state index contributed by atoms with van der Waals surface area (Å²) < 4.78 is 18.4. The first-order chi connectivity index (χ1) is 7.54. The molecule has 0 saturated carbocycles. The number of hydrogen-bond donors (Lipinski definition) is 3. The van der Waals surface area contributed by atoms with Gasteiger partial charge in [0, 0.05) is 11.6 Å². The quantitative estimate of drug-likeness (QED) is 0.693. The van der Waals surface area contributed by atoms with Crippen molar-refractivity contribution in [2.75, 3.05) is 13.2 Å². The van der Waals surface area contributed by atoms with Crippen molar-refractivity contribution < 1.29 is 24.4 Å². The monoisotopic (exact) mass is 230 g/mol. The molecule has 3 N–H and O–H groups in total. The van der Waals surface area contributed by atoms with Crippen LogP contribution in [0, 0.1) is 5.82 Å². The molecule has 1 unspecified atom stereocenters. The Labute approximate surface area is 92.9 Å². The predicted molar refractivity (Wildman–Crippen MR) is 55.6 cm³/mol. The van der Waals surface area contributed by atoms with Gasteiger partial charge in [-0.1, -0.05) is 0 Å². The molecule has 0 bridgehead atoms. The molecular weight excluding hydrogens is 215 g/mol. The third-order valence-corrected chi connectivity index (χ3v) is 2.08. The molecule has 0 aliphatic rings. The Balaban J connectivity index is 2.66. The van der Waals surface area contributed by atoms with Crippen LogP contribution >= 0.6 is 0 Å². The minimum absolute atomic E-state index is 0.107. The van der Waals surface area contributed by atoms with Crippen LogP contribution in [0.25, 0.3) is 0 Å². The molecule has 2 atom stereocenters. The molecular formula is C11H15FO4. The highest BCUT2D eigenvalue weighted by atomic mass is 19.1. The summed E-state index contributed by atoms with van der Waals surface area (Å²) in [7, 11) is 0. The zero-order valence-corrected chi connectivity index (χ0v) is 8.93. The van der Waals surface area contributed by atoms with Crippen LogP contribution in [0.15, 0.2) is 18.2 Å². The topological polar surface area (TPSA) is 69.9 Å². The molecule has 5 heteroatoms. The normalized spacial score (nSPS) is 14.6. The summed E-state index contributed by atoms with van der Waals surface area (Å²) in [5.74, 6) is -0.319. The summed E-state index contributed by atoms with van der Waals surface area (Å²) >= 11 is 0. The molecule has 4 nitrogen and oxygen atoms in total. The number of aliphatic hydroxyl groups is 3. The van der Waals surface area contributed by atoms with Gasteiger partial charge < -0.3 is 20.1 Å². The fraction of sp³-hybridized carbons (Fsp3) is 0.455. The minimum atomic E-state index is -0.987. The van der Waals surface area contributed by atoms with Crippen LogP contribution in [-0.2, 0) is 0 Å². The number of halogens is 1. The summed E-state index contributed by atoms with van der Waals surface area (Å²) in [6, 6.07) is 4.04. The molecule has 0 saturated heterocycles. The Hall–Kier alpha value is -1.17. The van der Waals surface area contributed by atoms with Crippen molar-refractivity contribution in [3.8, 4) is 5.75 Å². The highest BCUT2D eigenvalue weighted by Crippen LogP contribution is 2.21. The Kier molecular flexibility index (Phi) is 4.67. The molecule has 0 fully saturated rings. The average Bonchev–Trinajstić information content (AvgIpc) is 2.25. The minimum Gasteiger partial charge on any atom is -0.491 e. The molecule has 0 aliphatic carbocycles. The Morgan fingerprint density at radius 2 is 2.06 bits per heavy atom. The first-order valence-corrected chi connectivity index (χ1v) is 4.93. The first kappa shape index (κ1) is 12.9. The van der Waals surface area contributed by atoms with Crippen LogP contribution in [0.3, 0.4) is 0 Å². The SMILES string of the molecule is C[C@@H](O)c1ccc(OCC(O)CO)cc1F. The van der Waals surface area contributed by atoms with Gasteiger partial charge in [-0.05, 0) is 19.1 Å². The van der Waals surface area contributed by atoms with Gasteiger partial charge in [0.2, 0.25) is 0 Å². The van der Waals surface area contributed by atoms with E-state index in [1.165, 1.54) is 19.1 Å². The van der Waals surface area contributed by atoms with Crippen LogP contribution in [0.5, 0.6) is 5.75 Å². The molecule has 90 valence electrons. The van der Waals surface area contributed by atoms with Crippen LogP contribution in [0.4, 0.5) is 4.39 Å². The highest BCUT2D eigenvalue weighted by Gasteiger charge is 2.10. The molecule has 0 spiro atoms. The largest absolute Gasteiger partial charge is 0.491 e. The van der Waals surface area contributed by atoms with Crippen molar-refractivity contribution in [2.24, 2.45) is 0 Å². The van der Waals surface area contributed by atoms with Gasteiger partial charge in [-0.15, -0.1) is 0 Å². The average molecular weight is 230 g/mol. The first-order valence-electron chi connectivity index (χ1n) is 4.93. The van der Waals surface area contributed by atoms with E-state index in [9.17, 15) is 9.50 Å². The highest BCUT2D eigenvalue weighted by molar-refractivity contribution is 5.30. The number of ether oxygens (including phenoxy) is 1. The van der Waals surface area contributed by atoms with Crippen LogP contribution in [0.1, 0.15) is 18.6 Å². The third-order valence-electron chi connectivity index (χ3n) is 2.08. The summed E-state index contributed by atoms with van der Waals surface area (Å²) in [5, 5.41) is 26.8. The maximum atomic E-state index is 13.4. The summed E-state index contributed by atoms with van der Waals surface area (Å²) in [6.07, 6.45) is -1.86. The van der Waals surface area contributed by atoms with E-state index >= 15 is 0 Å². The number of benzene rings is 1. The summed E-state index contributed by atoms with van der Waals surface area (Å²) in [6.45, 7) is 0.951. The molecule has 1 aromatic rings. The van der Waals surface area contributed by atoms with Gasteiger partial charge in [-0.25, -0.2) is 4.39 Å². The van der Waals surface area contributed by atoms with Crippen LogP contribution < -0.4 is 4.74 Å². The van der Waals surface area contributed by atoms with Crippen molar-refractivity contribution >= 4 is 0 Å². The zero-order valence-electron chi connectivity index (χ0n) is 8.93. The lowest BCUT2D eigenvalue weighted by molar-refractivity contribution is 0.0534. The third kappa shape index (κ3) is 3.44. The van der Waals surface area contributed by atoms with E-state index in [-0.39, 0.29) is 17.9 Å². The molecule has 0 amide bonds. The number of aliphatic hydroxyl groups excluding tert-OH is 3. The zero-order chi connectivity index (χ0) is 12.1. The van der Waals surface area contributed by atoms with Gasteiger partial charge >= 0.3 is 0 Å². The Bertz CT molecular complexity index is 341. The van der Waals surface area contributed by atoms with Crippen molar-refractivity contribution in [3.63, 3.8) is 0 Å². The van der Waals surface area contributed by atoms with E-state index in [2.05, 4.69) is 0 Å². The molecule has 1 aromatic carbocycles. The van der Waals surface area contributed by atoms with E-state index in [4.69, 9.17) is 14.9 Å². The van der Waals surface area contributed by atoms with Gasteiger partial charge in [-0.2, -0.15) is 0 Å². The summed E-state index contributed by atoms with van der Waals surface area (Å²) in [5.41, 5.74) is 0.190. The van der Waals surface area contributed by atoms with Crippen molar-refractivity contribution in [3.05, 3.63) is 29.6 Å². The molecule has 0 heterocycles. The van der Waals surface area contributed by atoms with Gasteiger partial charge in [0.25, 0.3) is 0 Å². The van der Waals surface area contributed by atoms with E-state index in [0.29, 0.717) is 0 Å². The number of hydrogen-bond acceptors (Lipinski definition) is 4. The lowest BCUT2D eigenvalue weighted by Gasteiger charge is -2.11. The number of rotatable bonds is 5. The van der Waals surface area contributed by atoms with Crippen molar-refractivity contribution in [2.45, 2.75) is 19.1 Å². The fourth-order valence-electron chi connectivity index (χ4n) is 1.18. The molecule has 0 aliphatic heterocycles. The van der Waals surface area contributed by atoms with E-state index in [1.54, 1.807) is 0 Å². The lowest BCUT2D eigenvalue weighted by Crippen LogP contribution is -2.21. The molecule has 1 rings (SSSR count). The second-order valence-corrected chi connectivity index (χ2v) is 3.51. The maximum absolute atomic E-state index is 13.4. The molecule has 0 radical (unpaired) electrons. The van der Waals surface area contributed by atoms with Crippen LogP contribution in [-0.4, -0.2) is 34.6 Å². The van der Waals surface area contributed by atoms with Crippen molar-refractivity contribution in [1.82, 2.24) is 0 Å². The van der Waals surface area contributed by atoms with Gasteiger partial charge in [-0.3, -0.25) is 0 Å². The molecule has 0 aromatic heterocycles.